The third kappa shape index (κ3) is 2.30. The van der Waals surface area contributed by atoms with Crippen LogP contribution in [0.25, 0.3) is 11.4 Å². The highest BCUT2D eigenvalue weighted by molar-refractivity contribution is 5.58. The van der Waals surface area contributed by atoms with E-state index in [0.29, 0.717) is 5.69 Å². The molecule has 4 atom stereocenters. The lowest BCUT2D eigenvalue weighted by Crippen LogP contribution is -2.33. The van der Waals surface area contributed by atoms with Gasteiger partial charge in [0, 0.05) is 5.69 Å². The lowest BCUT2D eigenvalue weighted by molar-refractivity contribution is -0.0231. The number of aromatic amines is 1. The summed E-state index contributed by atoms with van der Waals surface area (Å²) in [7, 11) is 0. The second-order valence-electron chi connectivity index (χ2n) is 5.34. The van der Waals surface area contributed by atoms with E-state index in [1.807, 2.05) is 0 Å². The maximum atomic E-state index is 14.0. The summed E-state index contributed by atoms with van der Waals surface area (Å²) in [6, 6.07) is 2.51. The smallest absolute Gasteiger partial charge is 0.277 e. The van der Waals surface area contributed by atoms with E-state index in [9.17, 15) is 19.4 Å². The van der Waals surface area contributed by atoms with Crippen LogP contribution in [0.4, 0.5) is 4.39 Å². The Kier molecular flexibility index (Phi) is 3.69. The molecule has 0 radical (unpaired) electrons. The average molecular weight is 310 g/mol. The Labute approximate surface area is 124 Å². The standard InChI is InChI=1S/C14H15FN2O5/c1-5-2-8(15)6-3-7(14(21)17-13(6)16-5)12-11(20)10(19)9(4-18)22-12/h2-3,9-12,18-20H,4H2,1H3,(H,16,17,21)/t9-,10?,11+,12+/m1/s1. The van der Waals surface area contributed by atoms with Gasteiger partial charge in [-0.1, -0.05) is 0 Å². The highest BCUT2D eigenvalue weighted by Gasteiger charge is 2.44. The molecule has 7 nitrogen and oxygen atoms in total. The highest BCUT2D eigenvalue weighted by Crippen LogP contribution is 2.33. The second kappa shape index (κ2) is 5.40. The van der Waals surface area contributed by atoms with Crippen molar-refractivity contribution in [1.29, 1.82) is 0 Å². The van der Waals surface area contributed by atoms with Crippen LogP contribution < -0.4 is 5.56 Å². The van der Waals surface area contributed by atoms with Crippen LogP contribution >= 0.6 is 0 Å². The van der Waals surface area contributed by atoms with Crippen LogP contribution in [0.15, 0.2) is 16.9 Å². The van der Waals surface area contributed by atoms with Crippen LogP contribution in [0.2, 0.25) is 0 Å². The number of nitrogens with one attached hydrogen (secondary N) is 1. The maximum Gasteiger partial charge on any atom is 0.277 e. The van der Waals surface area contributed by atoms with Crippen LogP contribution in [-0.2, 0) is 4.74 Å². The van der Waals surface area contributed by atoms with Gasteiger partial charge in [0.05, 0.1) is 17.7 Å². The molecule has 0 saturated carbocycles. The van der Waals surface area contributed by atoms with Crippen molar-refractivity contribution in [3.05, 3.63) is 39.6 Å². The molecule has 1 fully saturated rings. The number of fused-ring (bicyclic) bond motifs is 1. The SMILES string of the molecule is Cc1cc(F)c2cc([C@@H]3O[C@H](CO)C(O)[C@@H]3O)c(=O)nc-2[nH]1. The number of aryl methyl sites for hydroxylation is 1. The summed E-state index contributed by atoms with van der Waals surface area (Å²) < 4.78 is 19.3. The van der Waals surface area contributed by atoms with Gasteiger partial charge in [0.2, 0.25) is 0 Å². The normalized spacial score (nSPS) is 28.4. The molecule has 0 aliphatic carbocycles. The molecule has 0 aromatic carbocycles. The molecule has 4 N–H and O–H groups in total. The first-order chi connectivity index (χ1) is 10.4. The second-order valence-corrected chi connectivity index (χ2v) is 5.34. The molecular formula is C14H15FN2O5. The first-order valence-electron chi connectivity index (χ1n) is 6.75. The van der Waals surface area contributed by atoms with Crippen molar-refractivity contribution in [2.24, 2.45) is 0 Å². The summed E-state index contributed by atoms with van der Waals surface area (Å²) in [4.78, 5) is 18.7. The van der Waals surface area contributed by atoms with E-state index in [1.165, 1.54) is 12.1 Å². The summed E-state index contributed by atoms with van der Waals surface area (Å²) >= 11 is 0. The molecule has 1 unspecified atom stereocenters. The monoisotopic (exact) mass is 310 g/mol. The molecule has 0 aromatic rings. The van der Waals surface area contributed by atoms with Gasteiger partial charge in [0.25, 0.3) is 5.56 Å². The minimum atomic E-state index is -1.40. The van der Waals surface area contributed by atoms with Gasteiger partial charge < -0.3 is 25.0 Å². The van der Waals surface area contributed by atoms with Crippen LogP contribution in [0.3, 0.4) is 0 Å². The summed E-state index contributed by atoms with van der Waals surface area (Å²) in [5.41, 5.74) is -0.162. The predicted molar refractivity (Wildman–Crippen MR) is 72.9 cm³/mol. The molecule has 118 valence electrons. The molecule has 0 spiro atoms. The number of H-pyrrole nitrogens is 1. The molecule has 0 bridgehead atoms. The molecule has 3 aliphatic heterocycles. The largest absolute Gasteiger partial charge is 0.394 e. The fraction of sp³-hybridized carbons (Fsp3) is 0.429. The number of pyridine rings is 2. The van der Waals surface area contributed by atoms with Crippen LogP contribution in [-0.4, -0.2) is 50.2 Å². The van der Waals surface area contributed by atoms with Gasteiger partial charge >= 0.3 is 0 Å². The molecule has 3 aliphatic rings. The van der Waals surface area contributed by atoms with E-state index in [2.05, 4.69) is 9.97 Å². The van der Waals surface area contributed by atoms with E-state index < -0.39 is 42.4 Å². The van der Waals surface area contributed by atoms with Crippen LogP contribution in [0.1, 0.15) is 17.4 Å². The number of nitrogens with zero attached hydrogens (tertiary/aromatic N) is 1. The summed E-state index contributed by atoms with van der Waals surface area (Å²) in [5, 5.41) is 28.8. The molecule has 3 heterocycles. The van der Waals surface area contributed by atoms with Crippen molar-refractivity contribution in [3.8, 4) is 11.4 Å². The first-order valence-corrected chi connectivity index (χ1v) is 6.75. The van der Waals surface area contributed by atoms with Crippen molar-refractivity contribution in [1.82, 2.24) is 9.97 Å². The summed E-state index contributed by atoms with van der Waals surface area (Å²) in [5.74, 6) is -0.468. The van der Waals surface area contributed by atoms with Crippen molar-refractivity contribution < 1.29 is 24.4 Å². The fourth-order valence-corrected chi connectivity index (χ4v) is 2.64. The van der Waals surface area contributed by atoms with E-state index in [-0.39, 0.29) is 17.0 Å². The number of aliphatic hydroxyl groups excluding tert-OH is 3. The van der Waals surface area contributed by atoms with Crippen molar-refractivity contribution in [2.75, 3.05) is 6.61 Å². The lowest BCUT2D eigenvalue weighted by Gasteiger charge is -2.16. The Morgan fingerprint density at radius 3 is 2.73 bits per heavy atom. The minimum absolute atomic E-state index is 0.0637. The van der Waals surface area contributed by atoms with Crippen molar-refractivity contribution >= 4 is 0 Å². The Hall–Kier alpha value is -1.87. The number of hydrogen-bond donors (Lipinski definition) is 4. The van der Waals surface area contributed by atoms with Crippen LogP contribution in [0.5, 0.6) is 0 Å². The van der Waals surface area contributed by atoms with Gasteiger partial charge in [0.15, 0.2) is 0 Å². The summed E-state index contributed by atoms with van der Waals surface area (Å²) in [6.45, 7) is 1.12. The number of rotatable bonds is 2. The molecule has 22 heavy (non-hydrogen) atoms. The van der Waals surface area contributed by atoms with Gasteiger partial charge in [-0.25, -0.2) is 4.39 Å². The van der Waals surface area contributed by atoms with Crippen molar-refractivity contribution in [2.45, 2.75) is 31.3 Å². The first kappa shape index (κ1) is 15.0. The van der Waals surface area contributed by atoms with Crippen LogP contribution in [0, 0.1) is 12.7 Å². The molecular weight excluding hydrogens is 295 g/mol. The molecule has 0 amide bonds. The van der Waals surface area contributed by atoms with Gasteiger partial charge in [-0.2, -0.15) is 4.98 Å². The van der Waals surface area contributed by atoms with Gasteiger partial charge in [0.1, 0.15) is 36.1 Å². The van der Waals surface area contributed by atoms with Gasteiger partial charge in [-0.3, -0.25) is 4.79 Å². The Morgan fingerprint density at radius 2 is 2.09 bits per heavy atom. The quantitative estimate of drug-likeness (QED) is 0.593. The third-order valence-electron chi connectivity index (χ3n) is 3.78. The van der Waals surface area contributed by atoms with E-state index in [1.54, 1.807) is 6.92 Å². The molecule has 8 heteroatoms. The zero-order valence-corrected chi connectivity index (χ0v) is 11.7. The lowest BCUT2D eigenvalue weighted by atomic mass is 10.0. The zero-order valence-electron chi connectivity index (χ0n) is 11.7. The minimum Gasteiger partial charge on any atom is -0.394 e. The van der Waals surface area contributed by atoms with Gasteiger partial charge in [-0.15, -0.1) is 0 Å². The van der Waals surface area contributed by atoms with E-state index in [4.69, 9.17) is 9.84 Å². The topological polar surface area (TPSA) is 116 Å². The third-order valence-corrected chi connectivity index (χ3v) is 3.78. The van der Waals surface area contributed by atoms with E-state index >= 15 is 0 Å². The average Bonchev–Trinajstić information content (AvgIpc) is 2.74. The molecule has 1 saturated heterocycles. The number of aliphatic hydroxyl groups is 3. The Morgan fingerprint density at radius 1 is 1.36 bits per heavy atom. The number of halogens is 1. The molecule has 3 rings (SSSR count). The van der Waals surface area contributed by atoms with Gasteiger partial charge in [-0.05, 0) is 19.1 Å². The summed E-state index contributed by atoms with van der Waals surface area (Å²) in [6.07, 6.45) is -4.91. The number of ether oxygens (including phenoxy) is 1. The van der Waals surface area contributed by atoms with Crippen molar-refractivity contribution in [3.63, 3.8) is 0 Å². The number of aromatic nitrogens is 2. The predicted octanol–water partition coefficient (Wildman–Crippen LogP) is -0.524. The Bertz CT molecular complexity index is 734. The molecule has 0 aromatic heterocycles. The number of hydrogen-bond acceptors (Lipinski definition) is 6. The highest BCUT2D eigenvalue weighted by atomic mass is 19.1. The Balaban J connectivity index is 2.11. The fourth-order valence-electron chi connectivity index (χ4n) is 2.64. The van der Waals surface area contributed by atoms with E-state index in [0.717, 1.165) is 0 Å². The zero-order chi connectivity index (χ0) is 16.0. The maximum absolute atomic E-state index is 14.0.